The molecule has 0 saturated carbocycles. The molecule has 24 heavy (non-hydrogen) atoms. The monoisotopic (exact) mass is 361 g/mol. The first-order valence-corrected chi connectivity index (χ1v) is 9.55. The number of sulfone groups is 1. The van der Waals surface area contributed by atoms with Gasteiger partial charge in [-0.2, -0.15) is 0 Å². The molecule has 1 unspecified atom stereocenters. The van der Waals surface area contributed by atoms with Crippen LogP contribution in [0.4, 0.5) is 8.78 Å². The maximum atomic E-state index is 13.4. The smallest absolute Gasteiger partial charge is 0.191 e. The zero-order valence-electron chi connectivity index (χ0n) is 13.4. The van der Waals surface area contributed by atoms with Crippen LogP contribution in [0, 0.1) is 11.6 Å². The average molecular weight is 361 g/mol. The van der Waals surface area contributed by atoms with E-state index in [2.05, 4.69) is 15.6 Å². The van der Waals surface area contributed by atoms with Crippen molar-refractivity contribution in [1.29, 1.82) is 0 Å². The maximum Gasteiger partial charge on any atom is 0.191 e. The molecule has 1 saturated heterocycles. The van der Waals surface area contributed by atoms with Gasteiger partial charge in [0.15, 0.2) is 27.4 Å². The third-order valence-electron chi connectivity index (χ3n) is 3.43. The number of nitrogens with one attached hydrogen (secondary N) is 2. The van der Waals surface area contributed by atoms with Gasteiger partial charge in [-0.05, 0) is 25.5 Å². The standard InChI is InChI=1S/C15H21F2N3O3S/c1-2-18-15(20-12-5-8-24(21,22)10-12)19-6-7-23-14-4-3-11(16)9-13(14)17/h3-4,9,12H,2,5-8,10H2,1H3,(H2,18,19,20). The molecule has 1 aliphatic heterocycles. The molecule has 1 aromatic rings. The summed E-state index contributed by atoms with van der Waals surface area (Å²) in [6, 6.07) is 2.93. The molecular formula is C15H21F2N3O3S. The van der Waals surface area contributed by atoms with Crippen molar-refractivity contribution in [2.45, 2.75) is 19.4 Å². The van der Waals surface area contributed by atoms with Gasteiger partial charge >= 0.3 is 0 Å². The summed E-state index contributed by atoms with van der Waals surface area (Å²) in [7, 11) is -2.97. The van der Waals surface area contributed by atoms with Gasteiger partial charge in [-0.15, -0.1) is 0 Å². The van der Waals surface area contributed by atoms with Crippen LogP contribution in [-0.2, 0) is 9.84 Å². The largest absolute Gasteiger partial charge is 0.489 e. The summed E-state index contributed by atoms with van der Waals surface area (Å²) >= 11 is 0. The van der Waals surface area contributed by atoms with E-state index in [1.165, 1.54) is 6.07 Å². The molecule has 2 rings (SSSR count). The summed E-state index contributed by atoms with van der Waals surface area (Å²) in [6.45, 7) is 2.87. The summed E-state index contributed by atoms with van der Waals surface area (Å²) in [4.78, 5) is 4.27. The Hall–Kier alpha value is -1.90. The van der Waals surface area contributed by atoms with E-state index in [4.69, 9.17) is 4.74 Å². The topological polar surface area (TPSA) is 79.8 Å². The molecule has 1 aromatic carbocycles. The summed E-state index contributed by atoms with van der Waals surface area (Å²) in [6.07, 6.45) is 0.546. The highest BCUT2D eigenvalue weighted by atomic mass is 32.2. The summed E-state index contributed by atoms with van der Waals surface area (Å²) in [5.41, 5.74) is 0. The van der Waals surface area contributed by atoms with Crippen LogP contribution >= 0.6 is 0 Å². The van der Waals surface area contributed by atoms with E-state index < -0.39 is 21.5 Å². The van der Waals surface area contributed by atoms with Gasteiger partial charge in [-0.1, -0.05) is 0 Å². The van der Waals surface area contributed by atoms with Gasteiger partial charge in [-0.3, -0.25) is 0 Å². The lowest BCUT2D eigenvalue weighted by atomic mass is 10.3. The van der Waals surface area contributed by atoms with E-state index in [1.54, 1.807) is 0 Å². The molecule has 1 atom stereocenters. The Morgan fingerprint density at radius 3 is 2.83 bits per heavy atom. The van der Waals surface area contributed by atoms with Gasteiger partial charge in [0.25, 0.3) is 0 Å². The number of hydrogen-bond donors (Lipinski definition) is 2. The van der Waals surface area contributed by atoms with Crippen molar-refractivity contribution in [2.24, 2.45) is 4.99 Å². The van der Waals surface area contributed by atoms with Crippen LogP contribution < -0.4 is 15.4 Å². The maximum absolute atomic E-state index is 13.4. The second kappa shape index (κ2) is 8.27. The van der Waals surface area contributed by atoms with Gasteiger partial charge in [-0.25, -0.2) is 22.2 Å². The number of rotatable bonds is 6. The highest BCUT2D eigenvalue weighted by Gasteiger charge is 2.28. The van der Waals surface area contributed by atoms with Crippen LogP contribution in [0.1, 0.15) is 13.3 Å². The molecule has 0 amide bonds. The third kappa shape index (κ3) is 5.63. The zero-order valence-corrected chi connectivity index (χ0v) is 14.2. The third-order valence-corrected chi connectivity index (χ3v) is 5.20. The van der Waals surface area contributed by atoms with Crippen molar-refractivity contribution in [3.8, 4) is 5.75 Å². The van der Waals surface area contributed by atoms with E-state index in [1.807, 2.05) is 6.92 Å². The van der Waals surface area contributed by atoms with E-state index in [0.717, 1.165) is 12.1 Å². The fraction of sp³-hybridized carbons (Fsp3) is 0.533. The van der Waals surface area contributed by atoms with Crippen molar-refractivity contribution in [3.05, 3.63) is 29.8 Å². The van der Waals surface area contributed by atoms with Crippen LogP contribution in [0.15, 0.2) is 23.2 Å². The van der Waals surface area contributed by atoms with Crippen LogP contribution in [0.25, 0.3) is 0 Å². The Morgan fingerprint density at radius 2 is 2.21 bits per heavy atom. The van der Waals surface area contributed by atoms with E-state index in [-0.39, 0.29) is 36.4 Å². The Bertz CT molecular complexity index is 695. The summed E-state index contributed by atoms with van der Waals surface area (Å²) in [5, 5.41) is 6.09. The second-order valence-electron chi connectivity index (χ2n) is 5.43. The Balaban J connectivity index is 1.84. The molecule has 134 valence electrons. The molecule has 0 aromatic heterocycles. The number of nitrogens with zero attached hydrogens (tertiary/aromatic N) is 1. The molecule has 0 bridgehead atoms. The van der Waals surface area contributed by atoms with Crippen LogP contribution in [0.5, 0.6) is 5.75 Å². The molecule has 9 heteroatoms. The predicted molar refractivity (Wildman–Crippen MR) is 88.0 cm³/mol. The van der Waals surface area contributed by atoms with E-state index in [9.17, 15) is 17.2 Å². The molecule has 2 N–H and O–H groups in total. The molecular weight excluding hydrogens is 340 g/mol. The van der Waals surface area contributed by atoms with Crippen LogP contribution in [0.2, 0.25) is 0 Å². The van der Waals surface area contributed by atoms with Crippen LogP contribution in [-0.4, -0.2) is 51.6 Å². The van der Waals surface area contributed by atoms with Crippen molar-refractivity contribution >= 4 is 15.8 Å². The minimum absolute atomic E-state index is 0.0357. The first-order valence-electron chi connectivity index (χ1n) is 7.73. The number of ether oxygens (including phenoxy) is 1. The fourth-order valence-corrected chi connectivity index (χ4v) is 4.00. The number of halogens is 2. The highest BCUT2D eigenvalue weighted by Crippen LogP contribution is 2.17. The predicted octanol–water partition coefficient (Wildman–Crippen LogP) is 1.09. The Morgan fingerprint density at radius 1 is 1.42 bits per heavy atom. The van der Waals surface area contributed by atoms with Crippen LogP contribution in [0.3, 0.4) is 0 Å². The Kier molecular flexibility index (Phi) is 6.36. The molecule has 0 spiro atoms. The average Bonchev–Trinajstić information content (AvgIpc) is 2.84. The van der Waals surface area contributed by atoms with Gasteiger partial charge in [0.1, 0.15) is 12.4 Å². The second-order valence-corrected chi connectivity index (χ2v) is 7.66. The molecule has 0 aliphatic carbocycles. The number of hydrogen-bond acceptors (Lipinski definition) is 4. The van der Waals surface area contributed by atoms with Gasteiger partial charge in [0.05, 0.1) is 18.1 Å². The molecule has 1 fully saturated rings. The number of aliphatic imine (C=N–C) groups is 1. The number of guanidine groups is 1. The first kappa shape index (κ1) is 18.4. The number of benzene rings is 1. The van der Waals surface area contributed by atoms with E-state index in [0.29, 0.717) is 18.9 Å². The lowest BCUT2D eigenvalue weighted by Gasteiger charge is -2.15. The van der Waals surface area contributed by atoms with Crippen molar-refractivity contribution in [3.63, 3.8) is 0 Å². The zero-order chi connectivity index (χ0) is 17.6. The molecule has 1 aliphatic rings. The van der Waals surface area contributed by atoms with E-state index >= 15 is 0 Å². The quantitative estimate of drug-likeness (QED) is 0.450. The van der Waals surface area contributed by atoms with Gasteiger partial charge in [0, 0.05) is 18.7 Å². The minimum Gasteiger partial charge on any atom is -0.489 e. The lowest BCUT2D eigenvalue weighted by Crippen LogP contribution is -2.44. The molecule has 1 heterocycles. The molecule has 6 nitrogen and oxygen atoms in total. The normalized spacial score (nSPS) is 20.0. The van der Waals surface area contributed by atoms with Crippen molar-refractivity contribution in [2.75, 3.05) is 31.2 Å². The fourth-order valence-electron chi connectivity index (χ4n) is 2.33. The van der Waals surface area contributed by atoms with Crippen molar-refractivity contribution in [1.82, 2.24) is 10.6 Å². The summed E-state index contributed by atoms with van der Waals surface area (Å²) in [5.74, 6) is -0.705. The SMILES string of the molecule is CCNC(=NCCOc1ccc(F)cc1F)NC1CCS(=O)(=O)C1. The van der Waals surface area contributed by atoms with Crippen molar-refractivity contribution < 1.29 is 21.9 Å². The van der Waals surface area contributed by atoms with Gasteiger partial charge < -0.3 is 15.4 Å². The summed E-state index contributed by atoms with van der Waals surface area (Å²) < 4.78 is 54.4. The highest BCUT2D eigenvalue weighted by molar-refractivity contribution is 7.91. The lowest BCUT2D eigenvalue weighted by molar-refractivity contribution is 0.310. The Labute approximate surface area is 140 Å². The first-order chi connectivity index (χ1) is 11.4. The molecule has 0 radical (unpaired) electrons. The minimum atomic E-state index is -2.97. The van der Waals surface area contributed by atoms with Gasteiger partial charge in [0.2, 0.25) is 0 Å².